The highest BCUT2D eigenvalue weighted by molar-refractivity contribution is 9.10. The largest absolute Gasteiger partial charge is 0.497 e. The maximum Gasteiger partial charge on any atom is 0.130 e. The Labute approximate surface area is 160 Å². The van der Waals surface area contributed by atoms with Crippen molar-refractivity contribution in [2.75, 3.05) is 26.9 Å². The van der Waals surface area contributed by atoms with Crippen LogP contribution in [0.5, 0.6) is 5.75 Å². The Morgan fingerprint density at radius 3 is 2.76 bits per heavy atom. The maximum absolute atomic E-state index is 9.99. The second kappa shape index (κ2) is 8.47. The van der Waals surface area contributed by atoms with Crippen molar-refractivity contribution >= 4 is 27.5 Å². The Morgan fingerprint density at radius 2 is 2.12 bits per heavy atom. The van der Waals surface area contributed by atoms with E-state index in [0.717, 1.165) is 30.0 Å². The van der Waals surface area contributed by atoms with Gasteiger partial charge in [-0.05, 0) is 51.3 Å². The van der Waals surface area contributed by atoms with Gasteiger partial charge < -0.3 is 14.6 Å². The number of aromatic nitrogens is 1. The standard InChI is InChI=1S/C18H20BrClN2O3/c1-24-14-4-2-12(3-5-14)10-22-6-7-25-18(15(22)11-23)13-8-16(19)21-17(20)9-13/h2-5,8-9,15,18,23H,6-7,10-11H2,1H3/t15-,18-/m0/s1. The number of methoxy groups -OCH3 is 1. The molecule has 0 radical (unpaired) electrons. The minimum absolute atomic E-state index is 0.00160. The van der Waals surface area contributed by atoms with Crippen molar-refractivity contribution < 1.29 is 14.6 Å². The van der Waals surface area contributed by atoms with E-state index in [0.29, 0.717) is 16.4 Å². The summed E-state index contributed by atoms with van der Waals surface area (Å²) < 4.78 is 11.8. The first-order chi connectivity index (χ1) is 12.1. The summed E-state index contributed by atoms with van der Waals surface area (Å²) in [5, 5.41) is 10.4. The number of hydrogen-bond acceptors (Lipinski definition) is 5. The zero-order chi connectivity index (χ0) is 17.8. The molecule has 3 rings (SSSR count). The van der Waals surface area contributed by atoms with Crippen molar-refractivity contribution in [3.05, 3.63) is 57.3 Å². The molecule has 0 aliphatic carbocycles. The summed E-state index contributed by atoms with van der Waals surface area (Å²) >= 11 is 9.44. The van der Waals surface area contributed by atoms with Crippen LogP contribution in [0.15, 0.2) is 41.0 Å². The lowest BCUT2D eigenvalue weighted by Gasteiger charge is -2.40. The molecule has 0 amide bonds. The van der Waals surface area contributed by atoms with E-state index in [2.05, 4.69) is 25.8 Å². The fraction of sp³-hybridized carbons (Fsp3) is 0.389. The second-order valence-corrected chi connectivity index (χ2v) is 7.11. The van der Waals surface area contributed by atoms with Gasteiger partial charge in [0.05, 0.1) is 26.4 Å². The Bertz CT molecular complexity index is 694. The average molecular weight is 428 g/mol. The van der Waals surface area contributed by atoms with Gasteiger partial charge in [-0.2, -0.15) is 0 Å². The number of benzene rings is 1. The van der Waals surface area contributed by atoms with Crippen molar-refractivity contribution in [2.24, 2.45) is 0 Å². The molecule has 0 unspecified atom stereocenters. The highest BCUT2D eigenvalue weighted by Crippen LogP contribution is 2.32. The fourth-order valence-electron chi connectivity index (χ4n) is 3.10. The molecular weight excluding hydrogens is 408 g/mol. The van der Waals surface area contributed by atoms with Crippen LogP contribution in [-0.4, -0.2) is 47.9 Å². The molecule has 5 nitrogen and oxygen atoms in total. The molecule has 0 spiro atoms. The van der Waals surface area contributed by atoms with Crippen molar-refractivity contribution in [1.29, 1.82) is 0 Å². The van der Waals surface area contributed by atoms with Crippen molar-refractivity contribution in [2.45, 2.75) is 18.7 Å². The summed E-state index contributed by atoms with van der Waals surface area (Å²) in [6.45, 7) is 2.08. The lowest BCUT2D eigenvalue weighted by atomic mass is 10.00. The minimum atomic E-state index is -0.256. The Morgan fingerprint density at radius 1 is 1.36 bits per heavy atom. The van der Waals surface area contributed by atoms with Gasteiger partial charge in [-0.15, -0.1) is 0 Å². The summed E-state index contributed by atoms with van der Waals surface area (Å²) in [5.74, 6) is 0.832. The number of ether oxygens (including phenoxy) is 2. The number of rotatable bonds is 5. The van der Waals surface area contributed by atoms with Crippen LogP contribution in [0.1, 0.15) is 17.2 Å². The number of morpholine rings is 1. The third-order valence-electron chi connectivity index (χ3n) is 4.34. The van der Waals surface area contributed by atoms with Gasteiger partial charge in [0.2, 0.25) is 0 Å². The van der Waals surface area contributed by atoms with Crippen molar-refractivity contribution in [3.8, 4) is 5.75 Å². The highest BCUT2D eigenvalue weighted by Gasteiger charge is 2.33. The molecule has 1 aromatic heterocycles. The van der Waals surface area contributed by atoms with Gasteiger partial charge in [0, 0.05) is 13.1 Å². The summed E-state index contributed by atoms with van der Waals surface area (Å²) in [7, 11) is 1.65. The van der Waals surface area contributed by atoms with Gasteiger partial charge in [-0.25, -0.2) is 4.98 Å². The molecule has 25 heavy (non-hydrogen) atoms. The zero-order valence-corrected chi connectivity index (χ0v) is 16.2. The molecule has 1 saturated heterocycles. The molecule has 0 bridgehead atoms. The number of pyridine rings is 1. The molecule has 2 atom stereocenters. The van der Waals surface area contributed by atoms with E-state index in [1.807, 2.05) is 30.3 Å². The van der Waals surface area contributed by atoms with Crippen molar-refractivity contribution in [1.82, 2.24) is 9.88 Å². The van der Waals surface area contributed by atoms with Gasteiger partial charge in [-0.3, -0.25) is 4.90 Å². The van der Waals surface area contributed by atoms with E-state index >= 15 is 0 Å². The first kappa shape index (κ1) is 18.6. The summed E-state index contributed by atoms with van der Waals surface area (Å²) in [5.41, 5.74) is 2.07. The molecule has 134 valence electrons. The molecule has 2 aromatic rings. The van der Waals surface area contributed by atoms with Crippen LogP contribution in [0.25, 0.3) is 0 Å². The third kappa shape index (κ3) is 4.51. The van der Waals surface area contributed by atoms with E-state index < -0.39 is 0 Å². The molecule has 1 aliphatic rings. The smallest absolute Gasteiger partial charge is 0.130 e. The highest BCUT2D eigenvalue weighted by atomic mass is 79.9. The Hall–Kier alpha value is -1.18. The molecule has 1 N–H and O–H groups in total. The van der Waals surface area contributed by atoms with Crippen LogP contribution < -0.4 is 4.74 Å². The molecule has 1 fully saturated rings. The topological polar surface area (TPSA) is 54.8 Å². The molecule has 0 saturated carbocycles. The van der Waals surface area contributed by atoms with Crippen LogP contribution in [0.2, 0.25) is 5.15 Å². The number of nitrogens with zero attached hydrogens (tertiary/aromatic N) is 2. The number of halogens is 2. The first-order valence-corrected chi connectivity index (χ1v) is 9.20. The SMILES string of the molecule is COc1ccc(CN2CCO[C@@H](c3cc(Cl)nc(Br)c3)[C@@H]2CO)cc1. The first-order valence-electron chi connectivity index (χ1n) is 8.03. The Kier molecular flexibility index (Phi) is 6.30. The monoisotopic (exact) mass is 426 g/mol. The molecule has 7 heteroatoms. The van der Waals surface area contributed by atoms with E-state index in [9.17, 15) is 5.11 Å². The molecule has 2 heterocycles. The quantitative estimate of drug-likeness (QED) is 0.741. The summed E-state index contributed by atoms with van der Waals surface area (Å²) in [4.78, 5) is 6.36. The predicted octanol–water partition coefficient (Wildman–Crippen LogP) is 3.44. The number of hydrogen-bond donors (Lipinski definition) is 1. The maximum atomic E-state index is 9.99. The predicted molar refractivity (Wildman–Crippen MR) is 99.9 cm³/mol. The molecule has 1 aliphatic heterocycles. The van der Waals surface area contributed by atoms with Gasteiger partial charge in [0.25, 0.3) is 0 Å². The zero-order valence-electron chi connectivity index (χ0n) is 13.9. The number of aliphatic hydroxyl groups is 1. The number of aliphatic hydroxyl groups excluding tert-OH is 1. The van der Waals surface area contributed by atoms with Crippen LogP contribution in [0.4, 0.5) is 0 Å². The Balaban J connectivity index is 1.80. The normalized spacial score (nSPS) is 21.3. The van der Waals surface area contributed by atoms with Crippen LogP contribution in [0, 0.1) is 0 Å². The van der Waals surface area contributed by atoms with Crippen LogP contribution in [-0.2, 0) is 11.3 Å². The van der Waals surface area contributed by atoms with Crippen LogP contribution >= 0.6 is 27.5 Å². The average Bonchev–Trinajstić information content (AvgIpc) is 2.61. The van der Waals surface area contributed by atoms with Gasteiger partial charge in [-0.1, -0.05) is 23.7 Å². The summed E-state index contributed by atoms with van der Waals surface area (Å²) in [6, 6.07) is 11.5. The fourth-order valence-corrected chi connectivity index (χ4v) is 3.88. The third-order valence-corrected chi connectivity index (χ3v) is 4.94. The van der Waals surface area contributed by atoms with E-state index in [1.54, 1.807) is 13.2 Å². The van der Waals surface area contributed by atoms with Crippen molar-refractivity contribution in [3.63, 3.8) is 0 Å². The lowest BCUT2D eigenvalue weighted by Crippen LogP contribution is -2.48. The summed E-state index contributed by atoms with van der Waals surface area (Å²) in [6.07, 6.45) is -0.256. The van der Waals surface area contributed by atoms with E-state index in [1.165, 1.54) is 0 Å². The lowest BCUT2D eigenvalue weighted by molar-refractivity contribution is -0.0915. The van der Waals surface area contributed by atoms with Gasteiger partial charge >= 0.3 is 0 Å². The van der Waals surface area contributed by atoms with Gasteiger partial charge in [0.15, 0.2) is 0 Å². The molecular formula is C18H20BrClN2O3. The van der Waals surface area contributed by atoms with E-state index in [4.69, 9.17) is 21.1 Å². The van der Waals surface area contributed by atoms with E-state index in [-0.39, 0.29) is 18.8 Å². The molecule has 1 aromatic carbocycles. The van der Waals surface area contributed by atoms with Gasteiger partial charge in [0.1, 0.15) is 21.6 Å². The minimum Gasteiger partial charge on any atom is -0.497 e. The second-order valence-electron chi connectivity index (χ2n) is 5.91. The van der Waals surface area contributed by atoms with Crippen LogP contribution in [0.3, 0.4) is 0 Å².